The van der Waals surface area contributed by atoms with Crippen LogP contribution in [0.4, 0.5) is 0 Å². The van der Waals surface area contributed by atoms with Gasteiger partial charge in [0.15, 0.2) is 0 Å². The van der Waals surface area contributed by atoms with Crippen molar-refractivity contribution in [3.05, 3.63) is 30.3 Å². The maximum atomic E-state index is 11.7. The minimum Gasteiger partial charge on any atom is -0.491 e. The van der Waals surface area contributed by atoms with Gasteiger partial charge in [0.1, 0.15) is 12.4 Å². The normalized spacial score (nSPS) is 24.8. The first kappa shape index (κ1) is 16.3. The van der Waals surface area contributed by atoms with E-state index in [1.54, 1.807) is 0 Å². The fraction of sp³-hybridized carbons (Fsp3) is 0.562. The van der Waals surface area contributed by atoms with E-state index in [4.69, 9.17) is 14.2 Å². The van der Waals surface area contributed by atoms with Crippen molar-refractivity contribution in [1.29, 1.82) is 0 Å². The van der Waals surface area contributed by atoms with Crippen LogP contribution < -0.4 is 4.74 Å². The van der Waals surface area contributed by atoms with Gasteiger partial charge in [-0.1, -0.05) is 34.1 Å². The number of para-hydroxylation sites is 1. The summed E-state index contributed by atoms with van der Waals surface area (Å²) in [5.74, 6) is 0.662. The molecule has 2 rings (SSSR count). The molecule has 0 spiro atoms. The number of halogens is 1. The van der Waals surface area contributed by atoms with E-state index in [2.05, 4.69) is 15.9 Å². The zero-order chi connectivity index (χ0) is 15.1. The topological polar surface area (TPSA) is 44.8 Å². The summed E-state index contributed by atoms with van der Waals surface area (Å²) in [6.45, 7) is 3.27. The zero-order valence-electron chi connectivity index (χ0n) is 12.2. The Hall–Kier alpha value is -1.07. The lowest BCUT2D eigenvalue weighted by molar-refractivity contribution is -0.148. The Balaban J connectivity index is 1.68. The number of rotatable bonds is 7. The second kappa shape index (κ2) is 8.39. The van der Waals surface area contributed by atoms with Gasteiger partial charge in [0.05, 0.1) is 25.2 Å². The highest BCUT2D eigenvalue weighted by Gasteiger charge is 2.37. The molecule has 3 unspecified atom stereocenters. The SMILES string of the molecule is CCOC(=O)C1CC(Br)C(OCCOc2ccccc2)C1. The van der Waals surface area contributed by atoms with Crippen molar-refractivity contribution < 1.29 is 19.0 Å². The van der Waals surface area contributed by atoms with Crippen LogP contribution in [0.1, 0.15) is 19.8 Å². The average molecular weight is 357 g/mol. The predicted octanol–water partition coefficient (Wildman–Crippen LogP) is 3.19. The van der Waals surface area contributed by atoms with Crippen LogP contribution in [0, 0.1) is 5.92 Å². The average Bonchev–Trinajstić information content (AvgIpc) is 2.86. The molecule has 0 radical (unpaired) electrons. The Morgan fingerprint density at radius 3 is 2.71 bits per heavy atom. The minimum absolute atomic E-state index is 0.0405. The van der Waals surface area contributed by atoms with Gasteiger partial charge in [0, 0.05) is 4.83 Å². The highest BCUT2D eigenvalue weighted by atomic mass is 79.9. The van der Waals surface area contributed by atoms with Crippen molar-refractivity contribution in [3.63, 3.8) is 0 Å². The fourth-order valence-electron chi connectivity index (χ4n) is 2.45. The summed E-state index contributed by atoms with van der Waals surface area (Å²) in [5.41, 5.74) is 0. The molecule has 0 aromatic heterocycles. The molecule has 116 valence electrons. The molecule has 0 heterocycles. The van der Waals surface area contributed by atoms with E-state index < -0.39 is 0 Å². The smallest absolute Gasteiger partial charge is 0.309 e. The lowest BCUT2D eigenvalue weighted by atomic mass is 10.1. The van der Waals surface area contributed by atoms with E-state index in [1.165, 1.54) is 0 Å². The van der Waals surface area contributed by atoms with Crippen molar-refractivity contribution in [1.82, 2.24) is 0 Å². The van der Waals surface area contributed by atoms with Crippen LogP contribution in [0.2, 0.25) is 0 Å². The first-order chi connectivity index (χ1) is 10.2. The second-order valence-corrected chi connectivity index (χ2v) is 6.18. The molecular weight excluding hydrogens is 336 g/mol. The van der Waals surface area contributed by atoms with E-state index in [9.17, 15) is 4.79 Å². The molecule has 0 saturated heterocycles. The highest BCUT2D eigenvalue weighted by Crippen LogP contribution is 2.34. The monoisotopic (exact) mass is 356 g/mol. The number of benzene rings is 1. The zero-order valence-corrected chi connectivity index (χ0v) is 13.8. The summed E-state index contributed by atoms with van der Waals surface area (Å²) in [5, 5.41) is 0. The Kier molecular flexibility index (Phi) is 6.51. The molecule has 1 aromatic carbocycles. The number of hydrogen-bond acceptors (Lipinski definition) is 4. The summed E-state index contributed by atoms with van der Waals surface area (Å²) >= 11 is 3.59. The van der Waals surface area contributed by atoms with Crippen molar-refractivity contribution in [2.45, 2.75) is 30.7 Å². The summed E-state index contributed by atoms with van der Waals surface area (Å²) < 4.78 is 16.5. The molecule has 0 N–H and O–H groups in total. The van der Waals surface area contributed by atoms with Crippen LogP contribution in [-0.2, 0) is 14.3 Å². The first-order valence-electron chi connectivity index (χ1n) is 7.31. The fourth-order valence-corrected chi connectivity index (χ4v) is 3.27. The number of esters is 1. The van der Waals surface area contributed by atoms with Gasteiger partial charge in [-0.3, -0.25) is 4.79 Å². The molecule has 21 heavy (non-hydrogen) atoms. The lowest BCUT2D eigenvalue weighted by Crippen LogP contribution is -2.21. The van der Waals surface area contributed by atoms with E-state index in [0.29, 0.717) is 26.2 Å². The van der Waals surface area contributed by atoms with Crippen molar-refractivity contribution in [2.75, 3.05) is 19.8 Å². The van der Waals surface area contributed by atoms with Gasteiger partial charge in [-0.25, -0.2) is 0 Å². The summed E-state index contributed by atoms with van der Waals surface area (Å²) in [6.07, 6.45) is 1.52. The molecule has 0 bridgehead atoms. The van der Waals surface area contributed by atoms with E-state index in [0.717, 1.165) is 12.2 Å². The standard InChI is InChI=1S/C16H21BrO4/c1-2-19-16(18)12-10-14(17)15(11-12)21-9-8-20-13-6-4-3-5-7-13/h3-7,12,14-15H,2,8-11H2,1H3. The molecule has 0 aliphatic heterocycles. The third-order valence-electron chi connectivity index (χ3n) is 3.48. The number of carbonyl (C=O) groups is 1. The molecular formula is C16H21BrO4. The molecule has 4 nitrogen and oxygen atoms in total. The molecule has 1 aliphatic carbocycles. The van der Waals surface area contributed by atoms with Gasteiger partial charge in [0.2, 0.25) is 0 Å². The van der Waals surface area contributed by atoms with Crippen molar-refractivity contribution >= 4 is 21.9 Å². The first-order valence-corrected chi connectivity index (χ1v) is 8.22. The van der Waals surface area contributed by atoms with Gasteiger partial charge in [-0.15, -0.1) is 0 Å². The van der Waals surface area contributed by atoms with Crippen molar-refractivity contribution in [2.24, 2.45) is 5.92 Å². The Morgan fingerprint density at radius 2 is 2.00 bits per heavy atom. The number of ether oxygens (including phenoxy) is 3. The maximum absolute atomic E-state index is 11.7. The summed E-state index contributed by atoms with van der Waals surface area (Å²) in [6, 6.07) is 9.66. The summed E-state index contributed by atoms with van der Waals surface area (Å²) in [7, 11) is 0. The number of carbonyl (C=O) groups excluding carboxylic acids is 1. The highest BCUT2D eigenvalue weighted by molar-refractivity contribution is 9.09. The Labute approximate surface area is 133 Å². The molecule has 1 saturated carbocycles. The van der Waals surface area contributed by atoms with Gasteiger partial charge in [-0.05, 0) is 31.9 Å². The van der Waals surface area contributed by atoms with Crippen LogP contribution in [0.25, 0.3) is 0 Å². The van der Waals surface area contributed by atoms with E-state index in [1.807, 2.05) is 37.3 Å². The van der Waals surface area contributed by atoms with Crippen molar-refractivity contribution in [3.8, 4) is 5.75 Å². The van der Waals surface area contributed by atoms with Crippen LogP contribution in [0.5, 0.6) is 5.75 Å². The summed E-state index contributed by atoms with van der Waals surface area (Å²) in [4.78, 5) is 11.9. The van der Waals surface area contributed by atoms with Gasteiger partial charge >= 0.3 is 5.97 Å². The van der Waals surface area contributed by atoms with E-state index in [-0.39, 0.29) is 22.8 Å². The maximum Gasteiger partial charge on any atom is 0.309 e. The quantitative estimate of drug-likeness (QED) is 0.427. The van der Waals surface area contributed by atoms with Gasteiger partial charge in [0.25, 0.3) is 0 Å². The Morgan fingerprint density at radius 1 is 1.24 bits per heavy atom. The lowest BCUT2D eigenvalue weighted by Gasteiger charge is -2.15. The molecule has 3 atom stereocenters. The van der Waals surface area contributed by atoms with Crippen LogP contribution in [0.3, 0.4) is 0 Å². The number of hydrogen-bond donors (Lipinski definition) is 0. The molecule has 1 fully saturated rings. The number of alkyl halides is 1. The third kappa shape index (κ3) is 5.00. The van der Waals surface area contributed by atoms with Crippen LogP contribution in [-0.4, -0.2) is 36.7 Å². The van der Waals surface area contributed by atoms with Crippen LogP contribution >= 0.6 is 15.9 Å². The third-order valence-corrected chi connectivity index (χ3v) is 4.44. The minimum atomic E-state index is -0.117. The van der Waals surface area contributed by atoms with E-state index >= 15 is 0 Å². The van der Waals surface area contributed by atoms with Gasteiger partial charge in [-0.2, -0.15) is 0 Å². The van der Waals surface area contributed by atoms with Crippen LogP contribution in [0.15, 0.2) is 30.3 Å². The second-order valence-electron chi connectivity index (χ2n) is 5.01. The largest absolute Gasteiger partial charge is 0.491 e. The molecule has 5 heteroatoms. The Bertz CT molecular complexity index is 437. The molecule has 0 amide bonds. The molecule has 1 aromatic rings. The predicted molar refractivity (Wildman–Crippen MR) is 83.7 cm³/mol. The van der Waals surface area contributed by atoms with Gasteiger partial charge < -0.3 is 14.2 Å². The molecule has 1 aliphatic rings.